The van der Waals surface area contributed by atoms with Gasteiger partial charge >= 0.3 is 0 Å². The summed E-state index contributed by atoms with van der Waals surface area (Å²) in [6.07, 6.45) is 5.51. The van der Waals surface area contributed by atoms with Crippen LogP contribution in [0.2, 0.25) is 5.02 Å². The SMILES string of the molecule is Cc1cc(Nc2ncc(Cl)c(Nc3ccccc3S(=O)(=O)C(C)C)n2)c(OC(C)C)cc1N1CCC(N2CCN(Cc3cc4c(cc3F)C(=O)N(C3CCCNC3)C4)CC2)CC1. The fraction of sp³-hybridized carbons (Fsp3) is 0.500. The van der Waals surface area contributed by atoms with Crippen LogP contribution in [0.4, 0.5) is 33.2 Å². The molecule has 1 atom stereocenters. The van der Waals surface area contributed by atoms with E-state index < -0.39 is 15.1 Å². The van der Waals surface area contributed by atoms with Gasteiger partial charge in [-0.15, -0.1) is 0 Å². The number of nitrogens with zero attached hydrogens (tertiary/aromatic N) is 6. The topological polar surface area (TPSA) is 135 Å². The molecule has 13 nitrogen and oxygen atoms in total. The molecule has 5 heterocycles. The van der Waals surface area contributed by atoms with Crippen LogP contribution in [0.25, 0.3) is 0 Å². The zero-order valence-corrected chi connectivity index (χ0v) is 38.0. The molecule has 16 heteroatoms. The molecule has 0 aliphatic carbocycles. The van der Waals surface area contributed by atoms with Crippen molar-refractivity contribution in [2.75, 3.05) is 67.9 Å². The number of fused-ring (bicyclic) bond motifs is 1. The minimum absolute atomic E-state index is 0.0385. The fourth-order valence-electron chi connectivity index (χ4n) is 9.23. The summed E-state index contributed by atoms with van der Waals surface area (Å²) >= 11 is 6.53. The Morgan fingerprint density at radius 3 is 2.42 bits per heavy atom. The van der Waals surface area contributed by atoms with Gasteiger partial charge in [0.1, 0.15) is 16.6 Å². The third-order valence-electron chi connectivity index (χ3n) is 12.7. The molecule has 4 aromatic rings. The molecule has 332 valence electrons. The number of amides is 1. The molecule has 0 radical (unpaired) electrons. The van der Waals surface area contributed by atoms with Crippen LogP contribution in [0.3, 0.4) is 0 Å². The Morgan fingerprint density at radius 2 is 1.71 bits per heavy atom. The number of sulfone groups is 1. The van der Waals surface area contributed by atoms with E-state index in [4.69, 9.17) is 16.3 Å². The van der Waals surface area contributed by atoms with Gasteiger partial charge < -0.3 is 30.5 Å². The van der Waals surface area contributed by atoms with Crippen LogP contribution in [0.5, 0.6) is 5.75 Å². The zero-order valence-electron chi connectivity index (χ0n) is 36.4. The molecular weight excluding hydrogens is 829 g/mol. The van der Waals surface area contributed by atoms with Crippen LogP contribution in [-0.4, -0.2) is 115 Å². The Labute approximate surface area is 370 Å². The average molecular weight is 889 g/mol. The summed E-state index contributed by atoms with van der Waals surface area (Å²) in [7, 11) is -3.57. The first kappa shape index (κ1) is 44.1. The molecule has 3 aromatic carbocycles. The minimum Gasteiger partial charge on any atom is -0.489 e. The van der Waals surface area contributed by atoms with Crippen LogP contribution in [0.15, 0.2) is 59.6 Å². The molecule has 1 unspecified atom stereocenters. The molecule has 0 bridgehead atoms. The number of ether oxygens (including phenoxy) is 1. The normalized spacial score (nSPS) is 19.4. The molecule has 0 saturated carbocycles. The van der Waals surface area contributed by atoms with Gasteiger partial charge in [-0.2, -0.15) is 4.98 Å². The Kier molecular flexibility index (Phi) is 13.3. The number of aryl methyl sites for hydroxylation is 1. The zero-order chi connectivity index (χ0) is 43.7. The first-order valence-corrected chi connectivity index (χ1v) is 23.9. The molecule has 3 saturated heterocycles. The highest BCUT2D eigenvalue weighted by molar-refractivity contribution is 7.92. The lowest BCUT2D eigenvalue weighted by molar-refractivity contribution is 0.0674. The molecule has 3 fully saturated rings. The van der Waals surface area contributed by atoms with Crippen molar-refractivity contribution in [2.45, 2.75) is 102 Å². The number of nitrogens with one attached hydrogen (secondary N) is 3. The lowest BCUT2D eigenvalue weighted by Crippen LogP contribution is -2.53. The predicted octanol–water partition coefficient (Wildman–Crippen LogP) is 7.53. The number of piperazine rings is 1. The average Bonchev–Trinajstić information content (AvgIpc) is 3.57. The van der Waals surface area contributed by atoms with E-state index in [-0.39, 0.29) is 45.6 Å². The second-order valence-electron chi connectivity index (χ2n) is 17.6. The quantitative estimate of drug-likeness (QED) is 0.123. The van der Waals surface area contributed by atoms with Crippen molar-refractivity contribution in [2.24, 2.45) is 0 Å². The highest BCUT2D eigenvalue weighted by Crippen LogP contribution is 2.38. The molecule has 3 N–H and O–H groups in total. The lowest BCUT2D eigenvalue weighted by Gasteiger charge is -2.43. The second-order valence-corrected chi connectivity index (χ2v) is 20.5. The molecule has 1 amide bonds. The maximum absolute atomic E-state index is 15.4. The predicted molar refractivity (Wildman–Crippen MR) is 244 cm³/mol. The Bertz CT molecular complexity index is 2380. The summed E-state index contributed by atoms with van der Waals surface area (Å²) in [6.45, 7) is 17.8. The van der Waals surface area contributed by atoms with Crippen LogP contribution in [0, 0.1) is 12.7 Å². The Morgan fingerprint density at radius 1 is 0.952 bits per heavy atom. The van der Waals surface area contributed by atoms with Crippen molar-refractivity contribution < 1.29 is 22.3 Å². The second kappa shape index (κ2) is 18.7. The van der Waals surface area contributed by atoms with Crippen LogP contribution < -0.4 is 25.6 Å². The number of rotatable bonds is 13. The van der Waals surface area contributed by atoms with Gasteiger partial charge in [0.25, 0.3) is 5.91 Å². The lowest BCUT2D eigenvalue weighted by atomic mass is 10.00. The maximum Gasteiger partial charge on any atom is 0.254 e. The summed E-state index contributed by atoms with van der Waals surface area (Å²) in [5, 5.41) is 9.50. The summed E-state index contributed by atoms with van der Waals surface area (Å²) in [5.41, 5.74) is 5.44. The first-order valence-electron chi connectivity index (χ1n) is 22.0. The minimum atomic E-state index is -3.57. The maximum atomic E-state index is 15.4. The van der Waals surface area contributed by atoms with Crippen molar-refractivity contribution in [1.29, 1.82) is 0 Å². The summed E-state index contributed by atoms with van der Waals surface area (Å²) in [4.78, 5) is 31.7. The Balaban J connectivity index is 0.881. The number of aromatic nitrogens is 2. The van der Waals surface area contributed by atoms with Gasteiger partial charge in [0.05, 0.1) is 33.8 Å². The van der Waals surface area contributed by atoms with Crippen molar-refractivity contribution >= 4 is 56.2 Å². The standard InChI is InChI=1S/C46H59ClFN9O4S/c1-29(2)61-42-24-41(31(5)21-40(42)52-46-50-26-37(47)44(53-46)51-39-10-6-7-11-43(39)62(59,60)30(3)4)56-15-12-34(13-16-56)55-19-17-54(18-20-55)27-33-22-32-28-57(35-9-8-14-49-25-35)45(58)36(32)23-38(33)48/h6-7,10-11,21-24,26,29-30,34-35,49H,8-9,12-20,25,27-28H2,1-5H3,(H2,50,51,52,53). The van der Waals surface area contributed by atoms with Gasteiger partial charge in [-0.1, -0.05) is 23.7 Å². The van der Waals surface area contributed by atoms with Gasteiger partial charge in [0.15, 0.2) is 15.7 Å². The monoisotopic (exact) mass is 887 g/mol. The van der Waals surface area contributed by atoms with Gasteiger partial charge in [-0.3, -0.25) is 14.6 Å². The third kappa shape index (κ3) is 9.52. The number of carbonyl (C=O) groups is 1. The molecule has 0 spiro atoms. The highest BCUT2D eigenvalue weighted by atomic mass is 35.5. The number of piperidine rings is 2. The number of hydrogen-bond donors (Lipinski definition) is 3. The van der Waals surface area contributed by atoms with Crippen LogP contribution >= 0.6 is 11.6 Å². The first-order chi connectivity index (χ1) is 29.7. The Hall–Kier alpha value is -4.54. The largest absolute Gasteiger partial charge is 0.489 e. The third-order valence-corrected chi connectivity index (χ3v) is 15.1. The van der Waals surface area contributed by atoms with E-state index in [0.29, 0.717) is 47.4 Å². The summed E-state index contributed by atoms with van der Waals surface area (Å²) in [6, 6.07) is 14.9. The molecular formula is C46H59ClFN9O4S. The van der Waals surface area contributed by atoms with Crippen LogP contribution in [-0.2, 0) is 22.9 Å². The van der Waals surface area contributed by atoms with E-state index >= 15 is 4.39 Å². The number of carbonyl (C=O) groups excluding carboxylic acids is 1. The number of anilines is 5. The van der Waals surface area contributed by atoms with E-state index in [1.165, 1.54) is 12.3 Å². The van der Waals surface area contributed by atoms with E-state index in [9.17, 15) is 13.2 Å². The number of hydrogen-bond acceptors (Lipinski definition) is 12. The summed E-state index contributed by atoms with van der Waals surface area (Å²) in [5.74, 6) is 0.896. The van der Waals surface area contributed by atoms with Crippen molar-refractivity contribution in [3.05, 3.63) is 87.8 Å². The van der Waals surface area contributed by atoms with Gasteiger partial charge in [-0.05, 0) is 108 Å². The smallest absolute Gasteiger partial charge is 0.254 e. The molecule has 4 aliphatic heterocycles. The van der Waals surface area contributed by atoms with Crippen molar-refractivity contribution in [1.82, 2.24) is 30.0 Å². The molecule has 4 aliphatic rings. The van der Waals surface area contributed by atoms with Crippen molar-refractivity contribution in [3.63, 3.8) is 0 Å². The molecule has 62 heavy (non-hydrogen) atoms. The fourth-order valence-corrected chi connectivity index (χ4v) is 10.6. The van der Waals surface area contributed by atoms with Crippen LogP contribution in [0.1, 0.15) is 80.4 Å². The van der Waals surface area contributed by atoms with E-state index in [1.807, 2.05) is 24.8 Å². The number of benzene rings is 3. The molecule has 8 rings (SSSR count). The van der Waals surface area contributed by atoms with Crippen molar-refractivity contribution in [3.8, 4) is 5.75 Å². The number of para-hydroxylation sites is 1. The highest BCUT2D eigenvalue weighted by Gasteiger charge is 2.35. The van der Waals surface area contributed by atoms with E-state index in [2.05, 4.69) is 59.7 Å². The number of halogens is 2. The van der Waals surface area contributed by atoms with Gasteiger partial charge in [-0.25, -0.2) is 17.8 Å². The molecule has 1 aromatic heterocycles. The summed E-state index contributed by atoms with van der Waals surface area (Å²) < 4.78 is 48.0. The van der Waals surface area contributed by atoms with E-state index in [0.717, 1.165) is 94.9 Å². The van der Waals surface area contributed by atoms with Gasteiger partial charge in [0, 0.05) is 93.9 Å². The van der Waals surface area contributed by atoms with E-state index in [1.54, 1.807) is 38.1 Å². The van der Waals surface area contributed by atoms with Gasteiger partial charge in [0.2, 0.25) is 5.95 Å².